The van der Waals surface area contributed by atoms with Gasteiger partial charge >= 0.3 is 0 Å². The highest BCUT2D eigenvalue weighted by Gasteiger charge is 2.06. The molecule has 132 valence electrons. The lowest BCUT2D eigenvalue weighted by atomic mass is 10.1. The van der Waals surface area contributed by atoms with Crippen LogP contribution in [0.15, 0.2) is 59.7 Å². The Bertz CT molecular complexity index is 980. The van der Waals surface area contributed by atoms with Crippen molar-refractivity contribution < 1.29 is 14.6 Å². The Kier molecular flexibility index (Phi) is 5.17. The number of fused-ring (bicyclic) bond motifs is 1. The van der Waals surface area contributed by atoms with Gasteiger partial charge in [0.1, 0.15) is 11.5 Å². The Morgan fingerprint density at radius 3 is 2.77 bits per heavy atom. The van der Waals surface area contributed by atoms with Crippen molar-refractivity contribution in [2.24, 2.45) is 5.10 Å². The van der Waals surface area contributed by atoms with Crippen molar-refractivity contribution in [3.63, 3.8) is 0 Å². The van der Waals surface area contributed by atoms with Crippen LogP contribution in [0.5, 0.6) is 11.5 Å². The highest BCUT2D eigenvalue weighted by Crippen LogP contribution is 2.27. The van der Waals surface area contributed by atoms with Gasteiger partial charge in [-0.2, -0.15) is 5.10 Å². The summed E-state index contributed by atoms with van der Waals surface area (Å²) in [6, 6.07) is 16.9. The molecule has 0 fully saturated rings. The van der Waals surface area contributed by atoms with Crippen LogP contribution in [-0.4, -0.2) is 23.8 Å². The van der Waals surface area contributed by atoms with Gasteiger partial charge in [0.25, 0.3) is 5.91 Å². The lowest BCUT2D eigenvalue weighted by Gasteiger charge is -2.09. The molecular formula is C21H20N2O3. The number of amides is 1. The van der Waals surface area contributed by atoms with Crippen LogP contribution in [0.3, 0.4) is 0 Å². The highest BCUT2D eigenvalue weighted by atomic mass is 16.5. The summed E-state index contributed by atoms with van der Waals surface area (Å²) < 4.78 is 5.53. The van der Waals surface area contributed by atoms with E-state index in [2.05, 4.69) is 10.5 Å². The van der Waals surface area contributed by atoms with Crippen molar-refractivity contribution >= 4 is 22.9 Å². The number of phenols is 1. The first-order valence-corrected chi connectivity index (χ1v) is 8.28. The minimum absolute atomic E-state index is 0.132. The van der Waals surface area contributed by atoms with Gasteiger partial charge in [0, 0.05) is 10.9 Å². The van der Waals surface area contributed by atoms with Gasteiger partial charge in [0.05, 0.1) is 6.21 Å². The third-order valence-electron chi connectivity index (χ3n) is 4.24. The van der Waals surface area contributed by atoms with Gasteiger partial charge in [0.2, 0.25) is 0 Å². The molecule has 5 nitrogen and oxygen atoms in total. The van der Waals surface area contributed by atoms with Crippen molar-refractivity contribution in [3.05, 3.63) is 71.3 Å². The van der Waals surface area contributed by atoms with E-state index in [9.17, 15) is 9.90 Å². The van der Waals surface area contributed by atoms with Gasteiger partial charge in [-0.25, -0.2) is 5.43 Å². The third-order valence-corrected chi connectivity index (χ3v) is 4.24. The van der Waals surface area contributed by atoms with Crippen LogP contribution in [0.25, 0.3) is 10.8 Å². The Hall–Kier alpha value is -3.34. The number of carbonyl (C=O) groups is 1. The minimum atomic E-state index is -0.373. The molecule has 0 heterocycles. The van der Waals surface area contributed by atoms with Crippen LogP contribution in [0, 0.1) is 13.8 Å². The summed E-state index contributed by atoms with van der Waals surface area (Å²) in [5, 5.41) is 15.9. The van der Waals surface area contributed by atoms with Gasteiger partial charge in [0.15, 0.2) is 6.61 Å². The van der Waals surface area contributed by atoms with Crippen LogP contribution in [0.2, 0.25) is 0 Å². The number of hydrogen-bond acceptors (Lipinski definition) is 4. The van der Waals surface area contributed by atoms with Gasteiger partial charge in [-0.05, 0) is 42.5 Å². The van der Waals surface area contributed by atoms with Gasteiger partial charge < -0.3 is 9.84 Å². The summed E-state index contributed by atoms with van der Waals surface area (Å²) in [5.74, 6) is 0.437. The van der Waals surface area contributed by atoms with E-state index in [0.29, 0.717) is 11.3 Å². The number of hydrogen-bond donors (Lipinski definition) is 2. The molecule has 0 aliphatic heterocycles. The topological polar surface area (TPSA) is 70.9 Å². The summed E-state index contributed by atoms with van der Waals surface area (Å²) >= 11 is 0. The first-order chi connectivity index (χ1) is 12.6. The molecular weight excluding hydrogens is 328 g/mol. The highest BCUT2D eigenvalue weighted by molar-refractivity contribution is 5.97. The molecule has 0 bridgehead atoms. The van der Waals surface area contributed by atoms with E-state index in [-0.39, 0.29) is 18.3 Å². The predicted molar refractivity (Wildman–Crippen MR) is 103 cm³/mol. The zero-order chi connectivity index (χ0) is 18.5. The maximum absolute atomic E-state index is 11.9. The van der Waals surface area contributed by atoms with Crippen molar-refractivity contribution in [1.82, 2.24) is 5.43 Å². The lowest BCUT2D eigenvalue weighted by molar-refractivity contribution is -0.123. The smallest absolute Gasteiger partial charge is 0.277 e. The van der Waals surface area contributed by atoms with E-state index in [1.54, 1.807) is 6.07 Å². The number of ether oxygens (including phenoxy) is 1. The quantitative estimate of drug-likeness (QED) is 0.546. The molecule has 26 heavy (non-hydrogen) atoms. The predicted octanol–water partition coefficient (Wildman–Crippen LogP) is 3.69. The second-order valence-electron chi connectivity index (χ2n) is 6.00. The molecule has 0 aliphatic carbocycles. The van der Waals surface area contributed by atoms with Crippen LogP contribution < -0.4 is 10.2 Å². The molecule has 0 atom stereocenters. The summed E-state index contributed by atoms with van der Waals surface area (Å²) in [4.78, 5) is 11.9. The van der Waals surface area contributed by atoms with Gasteiger partial charge in [-0.1, -0.05) is 42.5 Å². The Balaban J connectivity index is 1.61. The molecule has 3 rings (SSSR count). The zero-order valence-corrected chi connectivity index (χ0v) is 14.7. The largest absolute Gasteiger partial charge is 0.507 e. The molecule has 2 N–H and O–H groups in total. The van der Waals surface area contributed by atoms with Crippen molar-refractivity contribution in [2.45, 2.75) is 13.8 Å². The zero-order valence-electron chi connectivity index (χ0n) is 14.7. The molecule has 3 aromatic rings. The number of phenolic OH excluding ortho intramolecular Hbond substituents is 1. The normalized spacial score (nSPS) is 11.0. The summed E-state index contributed by atoms with van der Waals surface area (Å²) in [7, 11) is 0. The molecule has 0 radical (unpaired) electrons. The van der Waals surface area contributed by atoms with Crippen LogP contribution in [0.4, 0.5) is 0 Å². The van der Waals surface area contributed by atoms with E-state index in [4.69, 9.17) is 4.74 Å². The number of hydrazone groups is 1. The fourth-order valence-electron chi connectivity index (χ4n) is 2.61. The number of aryl methyl sites for hydroxylation is 1. The van der Waals surface area contributed by atoms with E-state index in [0.717, 1.165) is 21.9 Å². The second-order valence-corrected chi connectivity index (χ2v) is 6.00. The average Bonchev–Trinajstić information content (AvgIpc) is 2.65. The molecule has 0 saturated carbocycles. The monoisotopic (exact) mass is 348 g/mol. The maximum Gasteiger partial charge on any atom is 0.277 e. The second kappa shape index (κ2) is 7.70. The Morgan fingerprint density at radius 2 is 1.92 bits per heavy atom. The third kappa shape index (κ3) is 3.83. The van der Waals surface area contributed by atoms with Crippen LogP contribution in [0.1, 0.15) is 16.7 Å². The molecule has 3 aromatic carbocycles. The number of aromatic hydroxyl groups is 1. The van der Waals surface area contributed by atoms with Crippen molar-refractivity contribution in [1.29, 1.82) is 0 Å². The minimum Gasteiger partial charge on any atom is -0.507 e. The van der Waals surface area contributed by atoms with Gasteiger partial charge in [-0.3, -0.25) is 4.79 Å². The molecule has 0 saturated heterocycles. The molecule has 0 aromatic heterocycles. The lowest BCUT2D eigenvalue weighted by Crippen LogP contribution is -2.24. The number of benzene rings is 3. The fourth-order valence-corrected chi connectivity index (χ4v) is 2.61. The van der Waals surface area contributed by atoms with Crippen molar-refractivity contribution in [2.75, 3.05) is 6.61 Å². The summed E-state index contributed by atoms with van der Waals surface area (Å²) in [6.07, 6.45) is 1.41. The van der Waals surface area contributed by atoms with Crippen LogP contribution in [-0.2, 0) is 4.79 Å². The first-order valence-electron chi connectivity index (χ1n) is 8.28. The van der Waals surface area contributed by atoms with E-state index < -0.39 is 0 Å². The molecule has 5 heteroatoms. The maximum atomic E-state index is 11.9. The number of nitrogens with zero attached hydrogens (tertiary/aromatic N) is 1. The van der Waals surface area contributed by atoms with Crippen LogP contribution >= 0.6 is 0 Å². The molecule has 1 amide bonds. The van der Waals surface area contributed by atoms with Gasteiger partial charge in [-0.15, -0.1) is 0 Å². The number of nitrogens with one attached hydrogen (secondary N) is 1. The fraction of sp³-hybridized carbons (Fsp3) is 0.143. The number of rotatable bonds is 5. The van der Waals surface area contributed by atoms with E-state index in [1.807, 2.05) is 62.4 Å². The average molecular weight is 348 g/mol. The molecule has 0 spiro atoms. The van der Waals surface area contributed by atoms with Crippen molar-refractivity contribution in [3.8, 4) is 11.5 Å². The summed E-state index contributed by atoms with van der Waals surface area (Å²) in [5.41, 5.74) is 5.04. The Morgan fingerprint density at radius 1 is 1.12 bits per heavy atom. The number of carbonyl (C=O) groups excluding carboxylic acids is 1. The molecule has 0 unspecified atom stereocenters. The van der Waals surface area contributed by atoms with E-state index in [1.165, 1.54) is 6.21 Å². The molecule has 0 aliphatic rings. The Labute approximate surface area is 151 Å². The summed E-state index contributed by atoms with van der Waals surface area (Å²) in [6.45, 7) is 3.80. The van der Waals surface area contributed by atoms with E-state index >= 15 is 0 Å². The first kappa shape index (κ1) is 17.5. The standard InChI is InChI=1S/C21H20N2O3/c1-14-6-5-9-19(15(14)2)26-13-20(24)23-22-12-17-11-10-16-7-3-4-8-18(16)21(17)25/h3-12,25H,13H2,1-2H3,(H,23,24). The SMILES string of the molecule is Cc1cccc(OCC(=O)NN=Cc2ccc3ccccc3c2O)c1C.